The molecular formula is C4H14O2P+. The molecule has 0 heterocycles. The van der Waals surface area contributed by atoms with Gasteiger partial charge in [-0.15, -0.1) is 4.52 Å². The Morgan fingerprint density at radius 2 is 1.57 bits per heavy atom. The van der Waals surface area contributed by atoms with E-state index in [0.717, 1.165) is 0 Å². The zero-order valence-electron chi connectivity index (χ0n) is 3.26. The Kier molecular flexibility index (Phi) is 21.2. The minimum Gasteiger partial charge on any atom is -0.150 e. The molecule has 0 aromatic carbocycles. The SMILES string of the molecule is C.C.CO[P+](C)=O. The number of hydrogen-bond donors (Lipinski definition) is 0. The van der Waals surface area contributed by atoms with Gasteiger partial charge in [-0.2, -0.15) is 0 Å². The van der Waals surface area contributed by atoms with Crippen molar-refractivity contribution in [3.05, 3.63) is 0 Å². The lowest BCUT2D eigenvalue weighted by Gasteiger charge is -1.58. The van der Waals surface area contributed by atoms with Crippen LogP contribution in [0.2, 0.25) is 0 Å². The minimum atomic E-state index is -1.35. The quantitative estimate of drug-likeness (QED) is 0.502. The Morgan fingerprint density at radius 1 is 1.43 bits per heavy atom. The van der Waals surface area contributed by atoms with Gasteiger partial charge in [-0.05, 0) is 4.57 Å². The fourth-order valence-corrected chi connectivity index (χ4v) is 0. The molecule has 1 unspecified atom stereocenters. The fourth-order valence-electron chi connectivity index (χ4n) is 0. The Labute approximate surface area is 46.8 Å². The molecule has 7 heavy (non-hydrogen) atoms. The lowest BCUT2D eigenvalue weighted by molar-refractivity contribution is 0.419. The van der Waals surface area contributed by atoms with E-state index >= 15 is 0 Å². The van der Waals surface area contributed by atoms with Gasteiger partial charge in [-0.1, -0.05) is 14.9 Å². The average Bonchev–Trinajstić information content (AvgIpc) is 1.38. The molecule has 0 spiro atoms. The van der Waals surface area contributed by atoms with Gasteiger partial charge in [0.1, 0.15) is 0 Å². The van der Waals surface area contributed by atoms with Crippen molar-refractivity contribution in [1.82, 2.24) is 0 Å². The lowest BCUT2D eigenvalue weighted by Crippen LogP contribution is -1.56. The number of rotatable bonds is 1. The molecule has 0 bridgehead atoms. The second kappa shape index (κ2) is 9.41. The highest BCUT2D eigenvalue weighted by atomic mass is 31.1. The highest BCUT2D eigenvalue weighted by molar-refractivity contribution is 7.38. The second-order valence-electron chi connectivity index (χ2n) is 0.622. The van der Waals surface area contributed by atoms with Crippen LogP contribution in [-0.4, -0.2) is 13.8 Å². The average molecular weight is 125 g/mol. The van der Waals surface area contributed by atoms with Crippen molar-refractivity contribution in [2.24, 2.45) is 0 Å². The van der Waals surface area contributed by atoms with Crippen molar-refractivity contribution in [3.63, 3.8) is 0 Å². The van der Waals surface area contributed by atoms with E-state index in [2.05, 4.69) is 4.52 Å². The Morgan fingerprint density at radius 3 is 1.57 bits per heavy atom. The Balaban J connectivity index is -0.0000000800. The van der Waals surface area contributed by atoms with E-state index in [1.54, 1.807) is 0 Å². The van der Waals surface area contributed by atoms with E-state index in [0.29, 0.717) is 0 Å². The molecule has 0 rings (SSSR count). The maximum absolute atomic E-state index is 9.74. The number of hydrogen-bond acceptors (Lipinski definition) is 2. The molecule has 0 fully saturated rings. The molecule has 0 saturated heterocycles. The van der Waals surface area contributed by atoms with Crippen molar-refractivity contribution in [2.75, 3.05) is 13.8 Å². The summed E-state index contributed by atoms with van der Waals surface area (Å²) in [6.45, 7) is 1.51. The molecule has 0 aromatic rings. The van der Waals surface area contributed by atoms with E-state index in [9.17, 15) is 4.57 Å². The molecule has 0 radical (unpaired) electrons. The van der Waals surface area contributed by atoms with E-state index in [4.69, 9.17) is 0 Å². The first-order valence-electron chi connectivity index (χ1n) is 1.22. The van der Waals surface area contributed by atoms with Crippen molar-refractivity contribution in [3.8, 4) is 0 Å². The summed E-state index contributed by atoms with van der Waals surface area (Å²) in [4.78, 5) is 0. The predicted molar refractivity (Wildman–Crippen MR) is 34.0 cm³/mol. The van der Waals surface area contributed by atoms with Gasteiger partial charge < -0.3 is 0 Å². The predicted octanol–water partition coefficient (Wildman–Crippen LogP) is 2.28. The first-order valence-corrected chi connectivity index (χ1v) is 2.85. The summed E-state index contributed by atoms with van der Waals surface area (Å²) in [5.74, 6) is 0. The first-order chi connectivity index (χ1) is 2.27. The Bertz CT molecular complexity index is 45.0. The van der Waals surface area contributed by atoms with Crippen LogP contribution in [0.3, 0.4) is 0 Å². The summed E-state index contributed by atoms with van der Waals surface area (Å²) in [5, 5.41) is 0. The summed E-state index contributed by atoms with van der Waals surface area (Å²) in [7, 11) is 0.0671. The van der Waals surface area contributed by atoms with Crippen LogP contribution >= 0.6 is 8.03 Å². The van der Waals surface area contributed by atoms with Crippen LogP contribution in [0.4, 0.5) is 0 Å². The molecule has 0 N–H and O–H groups in total. The van der Waals surface area contributed by atoms with E-state index in [1.807, 2.05) is 0 Å². The molecule has 46 valence electrons. The zero-order valence-corrected chi connectivity index (χ0v) is 4.16. The summed E-state index contributed by atoms with van der Waals surface area (Å²) in [6, 6.07) is 0. The third kappa shape index (κ3) is 23.5. The van der Waals surface area contributed by atoms with E-state index in [1.165, 1.54) is 13.8 Å². The molecule has 0 aliphatic rings. The third-order valence-electron chi connectivity index (χ3n) is 0.257. The van der Waals surface area contributed by atoms with Crippen LogP contribution in [0.5, 0.6) is 0 Å². The van der Waals surface area contributed by atoms with Crippen molar-refractivity contribution in [2.45, 2.75) is 14.9 Å². The third-order valence-corrected chi connectivity index (χ3v) is 0.771. The summed E-state index contributed by atoms with van der Waals surface area (Å²) in [5.41, 5.74) is 0. The van der Waals surface area contributed by atoms with Crippen molar-refractivity contribution >= 4 is 8.03 Å². The van der Waals surface area contributed by atoms with Gasteiger partial charge in [0.2, 0.25) is 0 Å². The largest absolute Gasteiger partial charge is 0.504 e. The monoisotopic (exact) mass is 125 g/mol. The Hall–Kier alpha value is 0.0600. The minimum absolute atomic E-state index is 0. The molecule has 0 aromatic heterocycles. The molecular weight excluding hydrogens is 111 g/mol. The molecule has 0 saturated carbocycles. The van der Waals surface area contributed by atoms with Gasteiger partial charge in [0, 0.05) is 0 Å². The van der Waals surface area contributed by atoms with Crippen LogP contribution in [0.15, 0.2) is 0 Å². The first kappa shape index (κ1) is 15.7. The molecule has 3 heteroatoms. The molecule has 0 aliphatic carbocycles. The maximum Gasteiger partial charge on any atom is 0.504 e. The second-order valence-corrected chi connectivity index (χ2v) is 1.87. The van der Waals surface area contributed by atoms with Crippen LogP contribution in [0.1, 0.15) is 14.9 Å². The molecule has 1 atom stereocenters. The maximum atomic E-state index is 9.74. The van der Waals surface area contributed by atoms with Gasteiger partial charge in [-0.3, -0.25) is 0 Å². The van der Waals surface area contributed by atoms with Gasteiger partial charge >= 0.3 is 8.03 Å². The van der Waals surface area contributed by atoms with Gasteiger partial charge in [0.05, 0.1) is 7.11 Å². The van der Waals surface area contributed by atoms with Gasteiger partial charge in [0.25, 0.3) is 0 Å². The van der Waals surface area contributed by atoms with Gasteiger partial charge in [-0.25, -0.2) is 0 Å². The van der Waals surface area contributed by atoms with Crippen LogP contribution < -0.4 is 0 Å². The highest BCUT2D eigenvalue weighted by Crippen LogP contribution is 2.10. The van der Waals surface area contributed by atoms with Crippen molar-refractivity contribution in [1.29, 1.82) is 0 Å². The normalized spacial score (nSPS) is 8.00. The summed E-state index contributed by atoms with van der Waals surface area (Å²) < 4.78 is 14.0. The van der Waals surface area contributed by atoms with Crippen LogP contribution in [-0.2, 0) is 9.09 Å². The van der Waals surface area contributed by atoms with E-state index < -0.39 is 8.03 Å². The fraction of sp³-hybridized carbons (Fsp3) is 1.00. The molecule has 0 amide bonds. The lowest BCUT2D eigenvalue weighted by atomic mass is 11.8. The van der Waals surface area contributed by atoms with Crippen LogP contribution in [0.25, 0.3) is 0 Å². The highest BCUT2D eigenvalue weighted by Gasteiger charge is 1.96. The van der Waals surface area contributed by atoms with Crippen LogP contribution in [0, 0.1) is 0 Å². The summed E-state index contributed by atoms with van der Waals surface area (Å²) >= 11 is 0. The van der Waals surface area contributed by atoms with Gasteiger partial charge in [0.15, 0.2) is 6.66 Å². The van der Waals surface area contributed by atoms with E-state index in [-0.39, 0.29) is 14.9 Å². The van der Waals surface area contributed by atoms with Crippen molar-refractivity contribution < 1.29 is 9.09 Å². The zero-order chi connectivity index (χ0) is 4.28. The standard InChI is InChI=1S/C2H6O2P.2CH4/c1-4-5(2)3;;/h1-2H3;2*1H4/q+1;;. The molecule has 2 nitrogen and oxygen atoms in total. The topological polar surface area (TPSA) is 26.3 Å². The molecule has 0 aliphatic heterocycles. The smallest absolute Gasteiger partial charge is 0.150 e. The summed E-state index contributed by atoms with van der Waals surface area (Å²) in [6.07, 6.45) is 0.